The van der Waals surface area contributed by atoms with Gasteiger partial charge in [-0.2, -0.15) is 0 Å². The van der Waals surface area contributed by atoms with Crippen molar-refractivity contribution in [3.05, 3.63) is 22.4 Å². The lowest BCUT2D eigenvalue weighted by atomic mass is 10.2. The molecule has 1 aliphatic rings. The first-order valence-corrected chi connectivity index (χ1v) is 3.32. The second kappa shape index (κ2) is 2.35. The average molecular weight is 175 g/mol. The first-order chi connectivity index (χ1) is 3.79. The normalized spacial score (nSPS) is 19.6. The van der Waals surface area contributed by atoms with Gasteiger partial charge in [-0.15, -0.1) is 0 Å². The third-order valence-electron chi connectivity index (χ3n) is 1.08. The third kappa shape index (κ3) is 1.37. The monoisotopic (exact) mass is 174 g/mol. The van der Waals surface area contributed by atoms with Crippen LogP contribution >= 0.6 is 15.9 Å². The zero-order valence-electron chi connectivity index (χ0n) is 4.39. The summed E-state index contributed by atoms with van der Waals surface area (Å²) in [5.41, 5.74) is 0. The van der Waals surface area contributed by atoms with E-state index in [4.69, 9.17) is 5.11 Å². The highest BCUT2D eigenvalue weighted by Gasteiger charge is 1.99. The van der Waals surface area contributed by atoms with Crippen LogP contribution in [0.1, 0.15) is 12.8 Å². The number of rotatable bonds is 0. The van der Waals surface area contributed by atoms with Crippen LogP contribution in [0, 0.1) is 0 Å². The minimum absolute atomic E-state index is 0.480. The molecule has 0 aliphatic heterocycles. The van der Waals surface area contributed by atoms with E-state index in [1.165, 1.54) is 0 Å². The van der Waals surface area contributed by atoms with Crippen molar-refractivity contribution >= 4 is 15.9 Å². The van der Waals surface area contributed by atoms with Gasteiger partial charge in [0.05, 0.1) is 5.76 Å². The van der Waals surface area contributed by atoms with Crippen LogP contribution < -0.4 is 0 Å². The Hall–Kier alpha value is -0.240. The molecule has 44 valence electrons. The average Bonchev–Trinajstić information content (AvgIpc) is 1.77. The number of allylic oxidation sites excluding steroid dienone is 4. The van der Waals surface area contributed by atoms with Crippen LogP contribution in [-0.4, -0.2) is 5.11 Å². The Bertz CT molecular complexity index is 129. The molecule has 0 saturated carbocycles. The lowest BCUT2D eigenvalue weighted by molar-refractivity contribution is 0.387. The summed E-state index contributed by atoms with van der Waals surface area (Å²) in [5, 5.41) is 8.82. The predicted octanol–water partition coefficient (Wildman–Crippen LogP) is 2.50. The first-order valence-electron chi connectivity index (χ1n) is 2.53. The van der Waals surface area contributed by atoms with Gasteiger partial charge in [0.15, 0.2) is 0 Å². The van der Waals surface area contributed by atoms with Crippen LogP contribution in [0.2, 0.25) is 0 Å². The van der Waals surface area contributed by atoms with Crippen molar-refractivity contribution in [3.63, 3.8) is 0 Å². The van der Waals surface area contributed by atoms with Gasteiger partial charge in [0.25, 0.3) is 0 Å². The van der Waals surface area contributed by atoms with Crippen molar-refractivity contribution in [1.29, 1.82) is 0 Å². The fourth-order valence-electron chi connectivity index (χ4n) is 0.601. The summed E-state index contributed by atoms with van der Waals surface area (Å²) in [6.45, 7) is 0. The third-order valence-corrected chi connectivity index (χ3v) is 1.74. The molecule has 0 aromatic rings. The van der Waals surface area contributed by atoms with Crippen molar-refractivity contribution in [2.75, 3.05) is 0 Å². The summed E-state index contributed by atoms with van der Waals surface area (Å²) in [6.07, 6.45) is 5.30. The van der Waals surface area contributed by atoms with E-state index < -0.39 is 0 Å². The molecular formula is C6H7BrO. The van der Waals surface area contributed by atoms with Gasteiger partial charge in [-0.25, -0.2) is 0 Å². The van der Waals surface area contributed by atoms with E-state index in [0.29, 0.717) is 5.76 Å². The highest BCUT2D eigenvalue weighted by atomic mass is 79.9. The van der Waals surface area contributed by atoms with Crippen molar-refractivity contribution in [2.45, 2.75) is 12.8 Å². The summed E-state index contributed by atoms with van der Waals surface area (Å²) in [5.74, 6) is 0.480. The summed E-state index contributed by atoms with van der Waals surface area (Å²) in [7, 11) is 0. The quantitative estimate of drug-likeness (QED) is 0.599. The molecule has 0 heterocycles. The molecule has 0 bridgehead atoms. The van der Waals surface area contributed by atoms with Crippen molar-refractivity contribution < 1.29 is 5.11 Å². The van der Waals surface area contributed by atoms with Crippen LogP contribution in [0.15, 0.2) is 22.4 Å². The lowest BCUT2D eigenvalue weighted by Crippen LogP contribution is -1.86. The summed E-state index contributed by atoms with van der Waals surface area (Å²) < 4.78 is 1.16. The van der Waals surface area contributed by atoms with E-state index in [0.717, 1.165) is 17.3 Å². The molecule has 0 unspecified atom stereocenters. The van der Waals surface area contributed by atoms with E-state index >= 15 is 0 Å². The van der Waals surface area contributed by atoms with Gasteiger partial charge < -0.3 is 5.11 Å². The smallest absolute Gasteiger partial charge is 0.0926 e. The van der Waals surface area contributed by atoms with Crippen LogP contribution in [0.3, 0.4) is 0 Å². The van der Waals surface area contributed by atoms with Crippen molar-refractivity contribution in [3.8, 4) is 0 Å². The van der Waals surface area contributed by atoms with E-state index in [2.05, 4.69) is 15.9 Å². The molecule has 1 aliphatic carbocycles. The van der Waals surface area contributed by atoms with Crippen molar-refractivity contribution in [1.82, 2.24) is 0 Å². The topological polar surface area (TPSA) is 20.2 Å². The second-order valence-corrected chi connectivity index (χ2v) is 2.79. The van der Waals surface area contributed by atoms with Gasteiger partial charge in [0.2, 0.25) is 0 Å². The van der Waals surface area contributed by atoms with Gasteiger partial charge in [-0.05, 0) is 23.1 Å². The Morgan fingerprint density at radius 2 is 2.12 bits per heavy atom. The zero-order chi connectivity index (χ0) is 5.98. The molecular weight excluding hydrogens is 168 g/mol. The fraction of sp³-hybridized carbons (Fsp3) is 0.333. The Morgan fingerprint density at radius 3 is 2.50 bits per heavy atom. The molecule has 0 atom stereocenters. The van der Waals surface area contributed by atoms with Crippen LogP contribution in [0.5, 0.6) is 0 Å². The maximum atomic E-state index is 8.82. The maximum Gasteiger partial charge on any atom is 0.0926 e. The molecule has 0 spiro atoms. The SMILES string of the molecule is OC1=CC=C(Br)CC1. The minimum atomic E-state index is 0.480. The molecule has 0 amide bonds. The predicted molar refractivity (Wildman–Crippen MR) is 37.0 cm³/mol. The van der Waals surface area contributed by atoms with Gasteiger partial charge in [-0.3, -0.25) is 0 Å². The number of hydrogen-bond donors (Lipinski definition) is 1. The van der Waals surface area contributed by atoms with Gasteiger partial charge in [-0.1, -0.05) is 15.9 Å². The zero-order valence-corrected chi connectivity index (χ0v) is 5.98. The van der Waals surface area contributed by atoms with Crippen LogP contribution in [0.4, 0.5) is 0 Å². The molecule has 0 radical (unpaired) electrons. The molecule has 1 nitrogen and oxygen atoms in total. The largest absolute Gasteiger partial charge is 0.512 e. The van der Waals surface area contributed by atoms with Crippen LogP contribution in [0.25, 0.3) is 0 Å². The Morgan fingerprint density at radius 1 is 1.38 bits per heavy atom. The summed E-state index contributed by atoms with van der Waals surface area (Å²) in [6, 6.07) is 0. The molecule has 0 fully saturated rings. The molecule has 2 heteroatoms. The molecule has 1 N–H and O–H groups in total. The van der Waals surface area contributed by atoms with E-state index in [1.807, 2.05) is 6.08 Å². The van der Waals surface area contributed by atoms with E-state index in [-0.39, 0.29) is 0 Å². The van der Waals surface area contributed by atoms with Gasteiger partial charge in [0, 0.05) is 6.42 Å². The maximum absolute atomic E-state index is 8.82. The standard InChI is InChI=1S/C6H7BrO/c7-5-1-3-6(8)4-2-5/h1,3,8H,2,4H2. The minimum Gasteiger partial charge on any atom is -0.512 e. The second-order valence-electron chi connectivity index (χ2n) is 1.77. The Labute approximate surface area is 56.8 Å². The summed E-state index contributed by atoms with van der Waals surface area (Å²) in [4.78, 5) is 0. The molecule has 0 aromatic heterocycles. The van der Waals surface area contributed by atoms with Crippen molar-refractivity contribution in [2.24, 2.45) is 0 Å². The van der Waals surface area contributed by atoms with Gasteiger partial charge in [0.1, 0.15) is 0 Å². The number of halogens is 1. The fourth-order valence-corrected chi connectivity index (χ4v) is 0.931. The first kappa shape index (κ1) is 5.89. The van der Waals surface area contributed by atoms with E-state index in [1.54, 1.807) is 6.08 Å². The van der Waals surface area contributed by atoms with Crippen LogP contribution in [-0.2, 0) is 0 Å². The highest BCUT2D eigenvalue weighted by Crippen LogP contribution is 2.20. The van der Waals surface area contributed by atoms with E-state index in [9.17, 15) is 0 Å². The number of aliphatic hydroxyl groups excluding tert-OH is 1. The Balaban J connectivity index is 2.65. The molecule has 0 aromatic carbocycles. The molecule has 1 rings (SSSR count). The molecule has 0 saturated heterocycles. The highest BCUT2D eigenvalue weighted by molar-refractivity contribution is 9.11. The lowest BCUT2D eigenvalue weighted by Gasteiger charge is -2.02. The Kier molecular flexibility index (Phi) is 1.73. The number of aliphatic hydroxyl groups is 1. The van der Waals surface area contributed by atoms with Gasteiger partial charge >= 0.3 is 0 Å². The molecule has 8 heavy (non-hydrogen) atoms. The summed E-state index contributed by atoms with van der Waals surface area (Å²) >= 11 is 3.32. The number of hydrogen-bond acceptors (Lipinski definition) is 1.